The summed E-state index contributed by atoms with van der Waals surface area (Å²) in [6.45, 7) is 2.38. The Morgan fingerprint density at radius 1 is 1.53 bits per heavy atom. The van der Waals surface area contributed by atoms with E-state index in [-0.39, 0.29) is 23.7 Å². The summed E-state index contributed by atoms with van der Waals surface area (Å²) >= 11 is 0. The first kappa shape index (κ1) is 12.0. The third-order valence-electron chi connectivity index (χ3n) is 2.90. The number of nitrogens with two attached hydrogens (primary N) is 1. The molecule has 1 aromatic carbocycles. The van der Waals surface area contributed by atoms with Crippen LogP contribution < -0.4 is 11.1 Å². The van der Waals surface area contributed by atoms with E-state index in [4.69, 9.17) is 10.5 Å². The summed E-state index contributed by atoms with van der Waals surface area (Å²) in [5, 5.41) is 2.64. The van der Waals surface area contributed by atoms with E-state index in [0.29, 0.717) is 24.5 Å². The summed E-state index contributed by atoms with van der Waals surface area (Å²) < 4.78 is 18.4. The summed E-state index contributed by atoms with van der Waals surface area (Å²) in [7, 11) is 0. The van der Waals surface area contributed by atoms with Crippen molar-refractivity contribution in [1.82, 2.24) is 0 Å². The Labute approximate surface area is 98.9 Å². The molecule has 1 aliphatic heterocycles. The van der Waals surface area contributed by atoms with Gasteiger partial charge in [0, 0.05) is 11.7 Å². The van der Waals surface area contributed by atoms with Gasteiger partial charge in [-0.3, -0.25) is 4.79 Å². The highest BCUT2D eigenvalue weighted by Gasteiger charge is 2.31. The number of carbonyl (C=O) groups excluding carboxylic acids is 1. The van der Waals surface area contributed by atoms with Gasteiger partial charge in [-0.25, -0.2) is 4.39 Å². The van der Waals surface area contributed by atoms with E-state index in [1.807, 2.05) is 0 Å². The molecule has 2 atom stereocenters. The molecule has 0 radical (unpaired) electrons. The molecule has 1 aliphatic rings. The number of carbonyl (C=O) groups is 1. The van der Waals surface area contributed by atoms with E-state index < -0.39 is 0 Å². The molecule has 0 aliphatic carbocycles. The number of nitrogens with one attached hydrogen (secondary N) is 1. The maximum Gasteiger partial charge on any atom is 0.231 e. The number of amides is 1. The molecule has 5 heteroatoms. The van der Waals surface area contributed by atoms with Crippen LogP contribution in [0.1, 0.15) is 5.56 Å². The molecule has 0 saturated carbocycles. The van der Waals surface area contributed by atoms with Gasteiger partial charge in [0.15, 0.2) is 0 Å². The maximum absolute atomic E-state index is 13.3. The monoisotopic (exact) mass is 238 g/mol. The van der Waals surface area contributed by atoms with Gasteiger partial charge in [0.25, 0.3) is 0 Å². The smallest absolute Gasteiger partial charge is 0.231 e. The Kier molecular flexibility index (Phi) is 3.40. The molecular weight excluding hydrogens is 223 g/mol. The van der Waals surface area contributed by atoms with E-state index in [1.54, 1.807) is 19.1 Å². The van der Waals surface area contributed by atoms with Crippen molar-refractivity contribution in [2.24, 2.45) is 11.7 Å². The van der Waals surface area contributed by atoms with Gasteiger partial charge in [0.1, 0.15) is 5.82 Å². The number of ether oxygens (including phenoxy) is 1. The van der Waals surface area contributed by atoms with Gasteiger partial charge < -0.3 is 15.8 Å². The number of halogens is 1. The summed E-state index contributed by atoms with van der Waals surface area (Å²) in [6.07, 6.45) is 0. The zero-order valence-corrected chi connectivity index (χ0v) is 9.57. The van der Waals surface area contributed by atoms with E-state index in [2.05, 4.69) is 5.32 Å². The number of hydrogen-bond acceptors (Lipinski definition) is 3. The second-order valence-corrected chi connectivity index (χ2v) is 4.26. The lowest BCUT2D eigenvalue weighted by Gasteiger charge is -2.13. The molecule has 0 spiro atoms. The van der Waals surface area contributed by atoms with Crippen LogP contribution in [0.4, 0.5) is 10.1 Å². The van der Waals surface area contributed by atoms with Crippen molar-refractivity contribution in [3.8, 4) is 0 Å². The zero-order chi connectivity index (χ0) is 12.4. The van der Waals surface area contributed by atoms with Crippen LogP contribution in [0.5, 0.6) is 0 Å². The third kappa shape index (κ3) is 2.62. The van der Waals surface area contributed by atoms with Crippen molar-refractivity contribution in [1.29, 1.82) is 0 Å². The molecule has 1 saturated heterocycles. The Hall–Kier alpha value is -1.46. The van der Waals surface area contributed by atoms with Crippen molar-refractivity contribution >= 4 is 11.6 Å². The van der Waals surface area contributed by atoms with Gasteiger partial charge in [-0.1, -0.05) is 6.07 Å². The number of benzene rings is 1. The Morgan fingerprint density at radius 3 is 2.88 bits per heavy atom. The average molecular weight is 238 g/mol. The lowest BCUT2D eigenvalue weighted by molar-refractivity contribution is -0.120. The molecule has 2 unspecified atom stereocenters. The van der Waals surface area contributed by atoms with Crippen molar-refractivity contribution in [2.45, 2.75) is 13.0 Å². The first-order valence-electron chi connectivity index (χ1n) is 5.48. The molecule has 1 aromatic rings. The van der Waals surface area contributed by atoms with Crippen molar-refractivity contribution in [3.63, 3.8) is 0 Å². The lowest BCUT2D eigenvalue weighted by atomic mass is 10.0. The average Bonchev–Trinajstić information content (AvgIpc) is 2.70. The number of aryl methyl sites for hydroxylation is 1. The van der Waals surface area contributed by atoms with Crippen LogP contribution in [0.15, 0.2) is 18.2 Å². The highest BCUT2D eigenvalue weighted by molar-refractivity contribution is 5.93. The fourth-order valence-corrected chi connectivity index (χ4v) is 1.75. The topological polar surface area (TPSA) is 64.3 Å². The summed E-state index contributed by atoms with van der Waals surface area (Å²) in [5.74, 6) is -0.924. The Bertz CT molecular complexity index is 437. The minimum Gasteiger partial charge on any atom is -0.379 e. The molecule has 92 valence electrons. The first-order valence-corrected chi connectivity index (χ1v) is 5.48. The van der Waals surface area contributed by atoms with E-state index in [1.165, 1.54) is 6.07 Å². The SMILES string of the molecule is Cc1ccc(NC(=O)C2COCC2N)cc1F. The molecular formula is C12H15FN2O2. The van der Waals surface area contributed by atoms with Crippen LogP contribution in [0.2, 0.25) is 0 Å². The van der Waals surface area contributed by atoms with Crippen molar-refractivity contribution in [2.75, 3.05) is 18.5 Å². The van der Waals surface area contributed by atoms with E-state index >= 15 is 0 Å². The second-order valence-electron chi connectivity index (χ2n) is 4.26. The number of anilines is 1. The van der Waals surface area contributed by atoms with Crippen LogP contribution in [-0.2, 0) is 9.53 Å². The fraction of sp³-hybridized carbons (Fsp3) is 0.417. The molecule has 1 heterocycles. The van der Waals surface area contributed by atoms with Crippen LogP contribution in [-0.4, -0.2) is 25.2 Å². The number of rotatable bonds is 2. The number of hydrogen-bond donors (Lipinski definition) is 2. The summed E-state index contributed by atoms with van der Waals surface area (Å²) in [5.41, 5.74) is 6.71. The molecule has 17 heavy (non-hydrogen) atoms. The van der Waals surface area contributed by atoms with Gasteiger partial charge in [-0.2, -0.15) is 0 Å². The lowest BCUT2D eigenvalue weighted by Crippen LogP contribution is -2.37. The van der Waals surface area contributed by atoms with Crippen LogP contribution in [0, 0.1) is 18.7 Å². The predicted molar refractivity (Wildman–Crippen MR) is 62.1 cm³/mol. The molecule has 4 nitrogen and oxygen atoms in total. The first-order chi connectivity index (χ1) is 8.08. The van der Waals surface area contributed by atoms with Crippen molar-refractivity contribution < 1.29 is 13.9 Å². The van der Waals surface area contributed by atoms with Crippen LogP contribution in [0.25, 0.3) is 0 Å². The maximum atomic E-state index is 13.3. The molecule has 0 bridgehead atoms. The zero-order valence-electron chi connectivity index (χ0n) is 9.57. The molecule has 1 fully saturated rings. The minimum absolute atomic E-state index is 0.224. The third-order valence-corrected chi connectivity index (χ3v) is 2.90. The van der Waals surface area contributed by atoms with E-state index in [9.17, 15) is 9.18 Å². The van der Waals surface area contributed by atoms with Gasteiger partial charge in [0.05, 0.1) is 19.1 Å². The standard InChI is InChI=1S/C12H15FN2O2/c1-7-2-3-8(4-10(7)13)15-12(16)9-5-17-6-11(9)14/h2-4,9,11H,5-6,14H2,1H3,(H,15,16). The minimum atomic E-state index is -0.362. The quantitative estimate of drug-likeness (QED) is 0.809. The van der Waals surface area contributed by atoms with Crippen LogP contribution in [0.3, 0.4) is 0 Å². The summed E-state index contributed by atoms with van der Waals surface area (Å²) in [4.78, 5) is 11.8. The van der Waals surface area contributed by atoms with Gasteiger partial charge in [0.2, 0.25) is 5.91 Å². The normalized spacial score (nSPS) is 23.7. The second kappa shape index (κ2) is 4.81. The molecule has 2 rings (SSSR count). The summed E-state index contributed by atoms with van der Waals surface area (Å²) in [6, 6.07) is 4.30. The van der Waals surface area contributed by atoms with E-state index in [0.717, 1.165) is 0 Å². The predicted octanol–water partition coefficient (Wildman–Crippen LogP) is 1.05. The van der Waals surface area contributed by atoms with Gasteiger partial charge in [-0.05, 0) is 24.6 Å². The molecule has 3 N–H and O–H groups in total. The highest BCUT2D eigenvalue weighted by atomic mass is 19.1. The van der Waals surface area contributed by atoms with Gasteiger partial charge in [-0.15, -0.1) is 0 Å². The Morgan fingerprint density at radius 2 is 2.29 bits per heavy atom. The molecule has 1 amide bonds. The van der Waals surface area contributed by atoms with Gasteiger partial charge >= 0.3 is 0 Å². The van der Waals surface area contributed by atoms with Crippen LogP contribution >= 0.6 is 0 Å². The highest BCUT2D eigenvalue weighted by Crippen LogP contribution is 2.17. The molecule has 0 aromatic heterocycles. The fourth-order valence-electron chi connectivity index (χ4n) is 1.75. The Balaban J connectivity index is 2.05. The largest absolute Gasteiger partial charge is 0.379 e. The van der Waals surface area contributed by atoms with Crippen molar-refractivity contribution in [3.05, 3.63) is 29.6 Å².